The maximum atomic E-state index is 5.44. The predicted molar refractivity (Wildman–Crippen MR) is 110 cm³/mol. The molecular weight excluding hydrogens is 370 g/mol. The molecule has 0 bridgehead atoms. The molecule has 28 heavy (non-hydrogen) atoms. The number of thioether (sulfide) groups is 1. The zero-order valence-electron chi connectivity index (χ0n) is 16.1. The second kappa shape index (κ2) is 7.98. The van der Waals surface area contributed by atoms with E-state index in [2.05, 4.69) is 51.5 Å². The molecule has 0 spiro atoms. The molecule has 4 rings (SSSR count). The van der Waals surface area contributed by atoms with E-state index in [1.165, 1.54) is 17.3 Å². The van der Waals surface area contributed by atoms with Crippen molar-refractivity contribution in [3.8, 4) is 17.1 Å². The summed E-state index contributed by atoms with van der Waals surface area (Å²) in [4.78, 5) is 4.53. The van der Waals surface area contributed by atoms with Crippen LogP contribution < -0.4 is 0 Å². The van der Waals surface area contributed by atoms with Crippen LogP contribution in [-0.4, -0.2) is 24.9 Å². The molecule has 0 aliphatic rings. The topological polar surface area (TPSA) is 69.6 Å². The van der Waals surface area contributed by atoms with Gasteiger partial charge in [-0.2, -0.15) is 4.98 Å². The van der Waals surface area contributed by atoms with E-state index in [4.69, 9.17) is 4.52 Å². The Hall–Kier alpha value is -2.93. The number of aromatic nitrogens is 5. The Morgan fingerprint density at radius 3 is 2.54 bits per heavy atom. The van der Waals surface area contributed by atoms with E-state index in [0.717, 1.165) is 34.2 Å². The molecule has 0 aliphatic heterocycles. The van der Waals surface area contributed by atoms with Crippen molar-refractivity contribution >= 4 is 11.8 Å². The van der Waals surface area contributed by atoms with Gasteiger partial charge in [-0.05, 0) is 43.5 Å². The highest BCUT2D eigenvalue weighted by Gasteiger charge is 2.15. The number of hydrogen-bond donors (Lipinski definition) is 0. The quantitative estimate of drug-likeness (QED) is 0.440. The minimum absolute atomic E-state index is 0.532. The second-order valence-electron chi connectivity index (χ2n) is 6.50. The molecule has 7 heteroatoms. The van der Waals surface area contributed by atoms with Gasteiger partial charge in [0.15, 0.2) is 5.16 Å². The van der Waals surface area contributed by atoms with E-state index in [1.807, 2.05) is 42.7 Å². The van der Waals surface area contributed by atoms with Crippen LogP contribution in [0.1, 0.15) is 29.8 Å². The molecule has 6 nitrogen and oxygen atoms in total. The maximum absolute atomic E-state index is 5.44. The average Bonchev–Trinajstić information content (AvgIpc) is 3.33. The van der Waals surface area contributed by atoms with Crippen molar-refractivity contribution in [3.05, 3.63) is 71.4 Å². The zero-order valence-corrected chi connectivity index (χ0v) is 16.9. The Balaban J connectivity index is 1.53. The summed E-state index contributed by atoms with van der Waals surface area (Å²) in [6.07, 6.45) is 1.02. The maximum Gasteiger partial charge on any atom is 0.237 e. The number of hydrogen-bond acceptors (Lipinski definition) is 6. The van der Waals surface area contributed by atoms with Gasteiger partial charge in [0.25, 0.3) is 0 Å². The first-order chi connectivity index (χ1) is 13.7. The van der Waals surface area contributed by atoms with Gasteiger partial charge in [-0.25, -0.2) is 0 Å². The smallest absolute Gasteiger partial charge is 0.237 e. The Bertz CT molecular complexity index is 1080. The third kappa shape index (κ3) is 3.71. The molecule has 2 aromatic carbocycles. The molecule has 0 saturated heterocycles. The lowest BCUT2D eigenvalue weighted by Crippen LogP contribution is -1.99. The third-order valence-corrected chi connectivity index (χ3v) is 5.49. The van der Waals surface area contributed by atoms with Crippen LogP contribution in [0.2, 0.25) is 0 Å². The van der Waals surface area contributed by atoms with Crippen molar-refractivity contribution in [2.24, 2.45) is 0 Å². The van der Waals surface area contributed by atoms with E-state index in [9.17, 15) is 0 Å². The summed E-state index contributed by atoms with van der Waals surface area (Å²) in [5, 5.41) is 13.5. The van der Waals surface area contributed by atoms with Crippen molar-refractivity contribution in [1.29, 1.82) is 0 Å². The monoisotopic (exact) mass is 391 g/mol. The largest absolute Gasteiger partial charge is 0.338 e. The lowest BCUT2D eigenvalue weighted by molar-refractivity contribution is 0.391. The van der Waals surface area contributed by atoms with Gasteiger partial charge in [-0.15, -0.1) is 10.2 Å². The molecule has 2 heterocycles. The van der Waals surface area contributed by atoms with Crippen LogP contribution in [0.15, 0.2) is 58.2 Å². The van der Waals surface area contributed by atoms with Gasteiger partial charge in [0, 0.05) is 11.3 Å². The van der Waals surface area contributed by atoms with Crippen molar-refractivity contribution in [3.63, 3.8) is 0 Å². The first-order valence-electron chi connectivity index (χ1n) is 9.18. The summed E-state index contributed by atoms with van der Waals surface area (Å²) in [6.45, 7) is 6.14. The average molecular weight is 392 g/mol. The van der Waals surface area contributed by atoms with Crippen molar-refractivity contribution in [2.75, 3.05) is 0 Å². The summed E-state index contributed by atoms with van der Waals surface area (Å²) in [7, 11) is 0. The lowest BCUT2D eigenvalue weighted by atomic mass is 10.1. The van der Waals surface area contributed by atoms with Crippen LogP contribution in [0.25, 0.3) is 17.1 Å². The highest BCUT2D eigenvalue weighted by Crippen LogP contribution is 2.26. The summed E-state index contributed by atoms with van der Waals surface area (Å²) < 4.78 is 7.48. The fourth-order valence-corrected chi connectivity index (χ4v) is 3.82. The third-order valence-electron chi connectivity index (χ3n) is 4.58. The second-order valence-corrected chi connectivity index (χ2v) is 7.44. The fourth-order valence-electron chi connectivity index (χ4n) is 2.99. The number of rotatable bonds is 6. The number of aryl methyl sites for hydroxylation is 3. The van der Waals surface area contributed by atoms with Gasteiger partial charge >= 0.3 is 0 Å². The van der Waals surface area contributed by atoms with Gasteiger partial charge in [0.2, 0.25) is 11.7 Å². The van der Waals surface area contributed by atoms with Crippen LogP contribution in [0.4, 0.5) is 0 Å². The van der Waals surface area contributed by atoms with Gasteiger partial charge in [-0.1, -0.05) is 60.2 Å². The number of nitrogens with zero attached hydrogens (tertiary/aromatic N) is 5. The van der Waals surface area contributed by atoms with E-state index in [-0.39, 0.29) is 0 Å². The van der Waals surface area contributed by atoms with Gasteiger partial charge in [0.05, 0.1) is 5.75 Å². The fraction of sp³-hybridized carbons (Fsp3) is 0.238. The number of benzene rings is 2. The molecule has 0 atom stereocenters. The first-order valence-corrected chi connectivity index (χ1v) is 10.2. The molecule has 0 fully saturated rings. The Labute approximate surface area is 168 Å². The first kappa shape index (κ1) is 18.4. The van der Waals surface area contributed by atoms with Crippen molar-refractivity contribution < 1.29 is 4.52 Å². The normalized spacial score (nSPS) is 11.1. The molecular formula is C21H21N5OS. The summed E-state index contributed by atoms with van der Waals surface area (Å²) in [5.41, 5.74) is 4.46. The van der Waals surface area contributed by atoms with Crippen molar-refractivity contribution in [1.82, 2.24) is 24.9 Å². The molecule has 0 aliphatic carbocycles. The predicted octanol–water partition coefficient (Wildman–Crippen LogP) is 4.79. The highest BCUT2D eigenvalue weighted by molar-refractivity contribution is 7.98. The van der Waals surface area contributed by atoms with Gasteiger partial charge in [-0.3, -0.25) is 4.57 Å². The van der Waals surface area contributed by atoms with Crippen LogP contribution in [-0.2, 0) is 12.2 Å². The van der Waals surface area contributed by atoms with Crippen molar-refractivity contribution in [2.45, 2.75) is 38.1 Å². The SMILES string of the molecule is CCc1ccc(-n2c(C)nnc2SCc2nc(-c3ccccc3C)no2)cc1. The van der Waals surface area contributed by atoms with Gasteiger partial charge in [0.1, 0.15) is 5.82 Å². The van der Waals surface area contributed by atoms with E-state index in [1.54, 1.807) is 0 Å². The molecule has 0 unspecified atom stereocenters. The van der Waals surface area contributed by atoms with E-state index >= 15 is 0 Å². The zero-order chi connectivity index (χ0) is 19.5. The summed E-state index contributed by atoms with van der Waals surface area (Å²) in [6, 6.07) is 16.5. The molecule has 0 saturated carbocycles. The van der Waals surface area contributed by atoms with Crippen LogP contribution in [0.5, 0.6) is 0 Å². The summed E-state index contributed by atoms with van der Waals surface area (Å²) in [5.74, 6) is 2.56. The van der Waals surface area contributed by atoms with Gasteiger partial charge < -0.3 is 4.52 Å². The lowest BCUT2D eigenvalue weighted by Gasteiger charge is -2.08. The highest BCUT2D eigenvalue weighted by atomic mass is 32.2. The minimum Gasteiger partial charge on any atom is -0.338 e. The van der Waals surface area contributed by atoms with Crippen LogP contribution in [0.3, 0.4) is 0 Å². The Kier molecular flexibility index (Phi) is 5.25. The molecule has 4 aromatic rings. The van der Waals surface area contributed by atoms with E-state index < -0.39 is 0 Å². The molecule has 0 radical (unpaired) electrons. The molecule has 2 aromatic heterocycles. The Morgan fingerprint density at radius 2 is 1.79 bits per heavy atom. The molecule has 142 valence electrons. The molecule has 0 N–H and O–H groups in total. The molecule has 0 amide bonds. The van der Waals surface area contributed by atoms with Crippen LogP contribution in [0, 0.1) is 13.8 Å². The van der Waals surface area contributed by atoms with E-state index in [0.29, 0.717) is 17.5 Å². The Morgan fingerprint density at radius 1 is 1.00 bits per heavy atom. The van der Waals surface area contributed by atoms with Crippen LogP contribution >= 0.6 is 11.8 Å². The minimum atomic E-state index is 0.532. The standard InChI is InChI=1S/C21H21N5OS/c1-4-16-9-11-17(12-10-16)26-15(3)23-24-21(26)28-13-19-22-20(25-27-19)18-8-6-5-7-14(18)2/h5-12H,4,13H2,1-3H3. The summed E-state index contributed by atoms with van der Waals surface area (Å²) >= 11 is 1.53.